The Bertz CT molecular complexity index is 785. The summed E-state index contributed by atoms with van der Waals surface area (Å²) >= 11 is 0. The Kier molecular flexibility index (Phi) is 4.34. The van der Waals surface area contributed by atoms with Crippen LogP contribution in [-0.2, 0) is 0 Å². The molecule has 0 aliphatic rings. The third-order valence-corrected chi connectivity index (χ3v) is 3.41. The normalized spacial score (nSPS) is 10.1. The van der Waals surface area contributed by atoms with Gasteiger partial charge in [0.15, 0.2) is 0 Å². The van der Waals surface area contributed by atoms with Crippen LogP contribution in [0.1, 0.15) is 0 Å². The van der Waals surface area contributed by atoms with E-state index in [0.29, 0.717) is 0 Å². The first-order chi connectivity index (χ1) is 11.2. The van der Waals surface area contributed by atoms with Gasteiger partial charge in [-0.1, -0.05) is 18.2 Å². The predicted octanol–water partition coefficient (Wildman–Crippen LogP) is 4.89. The van der Waals surface area contributed by atoms with Crippen molar-refractivity contribution in [3.05, 3.63) is 72.8 Å². The van der Waals surface area contributed by atoms with Crippen molar-refractivity contribution in [3.63, 3.8) is 0 Å². The molecule has 0 saturated heterocycles. The fraction of sp³-hybridized carbons (Fsp3) is 0.0526. The summed E-state index contributed by atoms with van der Waals surface area (Å²) in [6.45, 7) is 0. The molecule has 23 heavy (non-hydrogen) atoms. The van der Waals surface area contributed by atoms with Crippen molar-refractivity contribution in [2.45, 2.75) is 0 Å². The number of para-hydroxylation sites is 2. The van der Waals surface area contributed by atoms with E-state index in [1.54, 1.807) is 25.3 Å². The lowest BCUT2D eigenvalue weighted by atomic mass is 10.2. The van der Waals surface area contributed by atoms with Crippen LogP contribution in [-0.4, -0.2) is 12.2 Å². The Morgan fingerprint density at radius 1 is 0.739 bits per heavy atom. The molecule has 0 unspecified atom stereocenters. The molecule has 116 valence electrons. The highest BCUT2D eigenvalue weighted by Gasteiger charge is 2.02. The molecule has 3 rings (SSSR count). The van der Waals surface area contributed by atoms with Gasteiger partial charge in [0.05, 0.1) is 12.8 Å². The lowest BCUT2D eigenvalue weighted by Gasteiger charge is -2.12. The zero-order valence-corrected chi connectivity index (χ0v) is 12.8. The number of phenolic OH excluding ortho intramolecular Hbond substituents is 1. The SMILES string of the molecule is COc1ccccc1Nc1ccc(Nc2cccc(O)c2)cc1. The fourth-order valence-electron chi connectivity index (χ4n) is 2.29. The van der Waals surface area contributed by atoms with Crippen molar-refractivity contribution in [3.8, 4) is 11.5 Å². The minimum Gasteiger partial charge on any atom is -0.508 e. The molecule has 0 heterocycles. The summed E-state index contributed by atoms with van der Waals surface area (Å²) in [6, 6.07) is 22.7. The van der Waals surface area contributed by atoms with E-state index in [1.807, 2.05) is 54.6 Å². The molecule has 0 aliphatic carbocycles. The minimum atomic E-state index is 0.240. The van der Waals surface area contributed by atoms with Gasteiger partial charge in [0.2, 0.25) is 0 Å². The predicted molar refractivity (Wildman–Crippen MR) is 94.1 cm³/mol. The molecular formula is C19H18N2O2. The zero-order valence-electron chi connectivity index (χ0n) is 12.8. The summed E-state index contributed by atoms with van der Waals surface area (Å²) < 4.78 is 5.33. The van der Waals surface area contributed by atoms with Crippen LogP contribution in [0.4, 0.5) is 22.7 Å². The van der Waals surface area contributed by atoms with E-state index < -0.39 is 0 Å². The van der Waals surface area contributed by atoms with Gasteiger partial charge in [-0.2, -0.15) is 0 Å². The molecular weight excluding hydrogens is 288 g/mol. The van der Waals surface area contributed by atoms with E-state index in [-0.39, 0.29) is 5.75 Å². The average molecular weight is 306 g/mol. The van der Waals surface area contributed by atoms with Gasteiger partial charge in [-0.05, 0) is 48.5 Å². The van der Waals surface area contributed by atoms with Crippen LogP contribution in [0.3, 0.4) is 0 Å². The Balaban J connectivity index is 1.72. The largest absolute Gasteiger partial charge is 0.508 e. The number of ether oxygens (including phenoxy) is 1. The lowest BCUT2D eigenvalue weighted by molar-refractivity contribution is 0.417. The van der Waals surface area contributed by atoms with Gasteiger partial charge >= 0.3 is 0 Å². The maximum atomic E-state index is 9.49. The van der Waals surface area contributed by atoms with Crippen LogP contribution >= 0.6 is 0 Å². The standard InChI is InChI=1S/C19H18N2O2/c1-23-19-8-3-2-7-18(19)21-15-11-9-14(10-12-15)20-16-5-4-6-17(22)13-16/h2-13,20-22H,1H3. The molecule has 0 spiro atoms. The van der Waals surface area contributed by atoms with Gasteiger partial charge in [0.1, 0.15) is 11.5 Å². The van der Waals surface area contributed by atoms with Crippen molar-refractivity contribution < 1.29 is 9.84 Å². The number of benzene rings is 3. The Labute approximate surface area is 135 Å². The molecule has 4 heteroatoms. The second-order valence-corrected chi connectivity index (χ2v) is 5.08. The van der Waals surface area contributed by atoms with Crippen molar-refractivity contribution >= 4 is 22.7 Å². The van der Waals surface area contributed by atoms with Crippen molar-refractivity contribution in [1.29, 1.82) is 0 Å². The van der Waals surface area contributed by atoms with Gasteiger partial charge < -0.3 is 20.5 Å². The topological polar surface area (TPSA) is 53.5 Å². The molecule has 0 saturated carbocycles. The number of nitrogens with one attached hydrogen (secondary N) is 2. The van der Waals surface area contributed by atoms with E-state index in [2.05, 4.69) is 10.6 Å². The van der Waals surface area contributed by atoms with Crippen LogP contribution in [0.15, 0.2) is 72.8 Å². The molecule has 0 aromatic heterocycles. The van der Waals surface area contributed by atoms with Crippen molar-refractivity contribution in [2.24, 2.45) is 0 Å². The number of aromatic hydroxyl groups is 1. The monoisotopic (exact) mass is 306 g/mol. The van der Waals surface area contributed by atoms with Gasteiger partial charge in [-0.15, -0.1) is 0 Å². The molecule has 0 fully saturated rings. The van der Waals surface area contributed by atoms with Gasteiger partial charge in [-0.25, -0.2) is 0 Å². The molecule has 3 aromatic rings. The molecule has 3 N–H and O–H groups in total. The first kappa shape index (κ1) is 14.8. The van der Waals surface area contributed by atoms with Crippen molar-refractivity contribution in [1.82, 2.24) is 0 Å². The number of phenols is 1. The molecule has 0 radical (unpaired) electrons. The maximum absolute atomic E-state index is 9.49. The quantitative estimate of drug-likeness (QED) is 0.628. The smallest absolute Gasteiger partial charge is 0.142 e. The first-order valence-corrected chi connectivity index (χ1v) is 7.31. The van der Waals surface area contributed by atoms with Crippen LogP contribution in [0.25, 0.3) is 0 Å². The minimum absolute atomic E-state index is 0.240. The van der Waals surface area contributed by atoms with E-state index in [0.717, 1.165) is 28.5 Å². The van der Waals surface area contributed by atoms with E-state index in [9.17, 15) is 5.11 Å². The van der Waals surface area contributed by atoms with E-state index in [1.165, 1.54) is 0 Å². The highest BCUT2D eigenvalue weighted by atomic mass is 16.5. The highest BCUT2D eigenvalue weighted by molar-refractivity contribution is 5.69. The number of methoxy groups -OCH3 is 1. The Morgan fingerprint density at radius 3 is 2.13 bits per heavy atom. The Morgan fingerprint density at radius 2 is 1.43 bits per heavy atom. The van der Waals surface area contributed by atoms with Gasteiger partial charge in [0, 0.05) is 23.1 Å². The molecule has 3 aromatic carbocycles. The summed E-state index contributed by atoms with van der Waals surface area (Å²) in [4.78, 5) is 0. The van der Waals surface area contributed by atoms with Crippen LogP contribution in [0, 0.1) is 0 Å². The van der Waals surface area contributed by atoms with Gasteiger partial charge in [-0.3, -0.25) is 0 Å². The number of hydrogen-bond donors (Lipinski definition) is 3. The van der Waals surface area contributed by atoms with Crippen molar-refractivity contribution in [2.75, 3.05) is 17.7 Å². The number of hydrogen-bond acceptors (Lipinski definition) is 4. The fourth-order valence-corrected chi connectivity index (χ4v) is 2.29. The summed E-state index contributed by atoms with van der Waals surface area (Å²) in [5.74, 6) is 1.04. The average Bonchev–Trinajstić information content (AvgIpc) is 2.57. The summed E-state index contributed by atoms with van der Waals surface area (Å²) in [6.07, 6.45) is 0. The van der Waals surface area contributed by atoms with E-state index in [4.69, 9.17) is 4.74 Å². The van der Waals surface area contributed by atoms with Crippen LogP contribution in [0.5, 0.6) is 11.5 Å². The van der Waals surface area contributed by atoms with Crippen LogP contribution < -0.4 is 15.4 Å². The Hall–Kier alpha value is -3.14. The number of rotatable bonds is 5. The summed E-state index contributed by atoms with van der Waals surface area (Å²) in [5, 5.41) is 16.1. The zero-order chi connectivity index (χ0) is 16.1. The molecule has 0 bridgehead atoms. The second-order valence-electron chi connectivity index (χ2n) is 5.08. The molecule has 0 atom stereocenters. The third kappa shape index (κ3) is 3.74. The molecule has 4 nitrogen and oxygen atoms in total. The van der Waals surface area contributed by atoms with E-state index >= 15 is 0 Å². The maximum Gasteiger partial charge on any atom is 0.142 e. The van der Waals surface area contributed by atoms with Gasteiger partial charge in [0.25, 0.3) is 0 Å². The molecule has 0 aliphatic heterocycles. The summed E-state index contributed by atoms with van der Waals surface area (Å²) in [7, 11) is 1.66. The summed E-state index contributed by atoms with van der Waals surface area (Å²) in [5.41, 5.74) is 3.68. The number of anilines is 4. The van der Waals surface area contributed by atoms with Crippen LogP contribution in [0.2, 0.25) is 0 Å². The lowest BCUT2D eigenvalue weighted by Crippen LogP contribution is -1.95. The first-order valence-electron chi connectivity index (χ1n) is 7.31. The molecule has 0 amide bonds. The highest BCUT2D eigenvalue weighted by Crippen LogP contribution is 2.28. The third-order valence-electron chi connectivity index (χ3n) is 3.41. The second kappa shape index (κ2) is 6.75.